The van der Waals surface area contributed by atoms with Crippen molar-refractivity contribution in [1.29, 1.82) is 0 Å². The molecule has 9 nitrogen and oxygen atoms in total. The maximum absolute atomic E-state index is 13.1. The third kappa shape index (κ3) is 4.76. The first-order valence-corrected chi connectivity index (χ1v) is 15.5. The molecule has 2 aliphatic heterocycles. The van der Waals surface area contributed by atoms with Crippen LogP contribution in [0.4, 0.5) is 11.5 Å². The predicted octanol–water partition coefficient (Wildman–Crippen LogP) is 6.52. The number of nitrogens with one attached hydrogen (secondary N) is 2. The Morgan fingerprint density at radius 1 is 1.05 bits per heavy atom. The van der Waals surface area contributed by atoms with Gasteiger partial charge in [0.05, 0.1) is 31.1 Å². The van der Waals surface area contributed by atoms with Crippen molar-refractivity contribution in [2.45, 2.75) is 53.0 Å². The number of piperidine rings is 1. The Kier molecular flexibility index (Phi) is 7.20. The van der Waals surface area contributed by atoms with Crippen molar-refractivity contribution >= 4 is 39.3 Å². The highest BCUT2D eigenvalue weighted by Gasteiger charge is 2.41. The molecule has 9 heteroatoms. The monoisotopic (exact) mass is 590 g/mol. The number of benzene rings is 2. The fourth-order valence-electron chi connectivity index (χ4n) is 7.20. The summed E-state index contributed by atoms with van der Waals surface area (Å²) < 4.78 is 11.5. The van der Waals surface area contributed by atoms with Gasteiger partial charge >= 0.3 is 0 Å². The van der Waals surface area contributed by atoms with Crippen LogP contribution in [-0.2, 0) is 9.53 Å². The second-order valence-electron chi connectivity index (χ2n) is 12.1. The van der Waals surface area contributed by atoms with E-state index in [1.807, 2.05) is 39.0 Å². The van der Waals surface area contributed by atoms with Crippen LogP contribution in [0.25, 0.3) is 33.2 Å². The van der Waals surface area contributed by atoms with Gasteiger partial charge in [-0.25, -0.2) is 9.97 Å². The Hall–Kier alpha value is -4.50. The van der Waals surface area contributed by atoms with Crippen LogP contribution in [-0.4, -0.2) is 58.7 Å². The molecule has 44 heavy (non-hydrogen) atoms. The number of hydrogen-bond donors (Lipinski definition) is 2. The summed E-state index contributed by atoms with van der Waals surface area (Å²) in [4.78, 5) is 25.2. The molecule has 0 radical (unpaired) electrons. The minimum absolute atomic E-state index is 0.0185. The lowest BCUT2D eigenvalue weighted by atomic mass is 9.78. The van der Waals surface area contributed by atoms with E-state index in [4.69, 9.17) is 19.2 Å². The van der Waals surface area contributed by atoms with Gasteiger partial charge in [-0.15, -0.1) is 0 Å². The zero-order valence-corrected chi connectivity index (χ0v) is 26.0. The van der Waals surface area contributed by atoms with E-state index in [1.54, 1.807) is 7.11 Å². The minimum atomic E-state index is -0.0259. The van der Waals surface area contributed by atoms with E-state index in [9.17, 15) is 4.79 Å². The molecule has 1 fully saturated rings. The minimum Gasteiger partial charge on any atom is -0.496 e. The third-order valence-corrected chi connectivity index (χ3v) is 9.24. The highest BCUT2D eigenvalue weighted by Crippen LogP contribution is 2.50. The molecule has 226 valence electrons. The molecule has 0 spiro atoms. The van der Waals surface area contributed by atoms with Crippen LogP contribution in [0.5, 0.6) is 0 Å². The number of hydrogen-bond acceptors (Lipinski definition) is 8. The fraction of sp³-hybridized carbons (Fsp3) is 0.371. The Morgan fingerprint density at radius 2 is 1.82 bits per heavy atom. The van der Waals surface area contributed by atoms with E-state index in [-0.39, 0.29) is 17.9 Å². The highest BCUT2D eigenvalue weighted by molar-refractivity contribution is 6.09. The number of anilines is 2. The number of aryl methyl sites for hydroxylation is 3. The van der Waals surface area contributed by atoms with Crippen molar-refractivity contribution < 1.29 is 14.1 Å². The standard InChI is InChI=1S/C35H38N6O3/c1-19-30(31-20(2)40-44-21(31)3)28(43-5)17-26-32-34(36-22(4)37-35(32)39-33(19)26)25-13-14-27(24-12-8-7-11-23(24)25)38-29(42)18-41-15-9-6-10-16-41/h7-8,11-14,17,19,33H,6,9-10,15-16,18H2,1-5H3,(H,38,42)(H,36,37,39). The van der Waals surface area contributed by atoms with E-state index >= 15 is 0 Å². The number of carbonyl (C=O) groups is 1. The van der Waals surface area contributed by atoms with Crippen LogP contribution >= 0.6 is 0 Å². The summed E-state index contributed by atoms with van der Waals surface area (Å²) in [5, 5.41) is 13.1. The van der Waals surface area contributed by atoms with Crippen molar-refractivity contribution in [2.24, 2.45) is 5.92 Å². The number of aromatic nitrogens is 3. The van der Waals surface area contributed by atoms with Gasteiger partial charge in [0.2, 0.25) is 5.91 Å². The Labute approximate surface area is 257 Å². The van der Waals surface area contributed by atoms with E-state index in [0.29, 0.717) is 12.4 Å². The summed E-state index contributed by atoms with van der Waals surface area (Å²) in [6, 6.07) is 12.3. The maximum Gasteiger partial charge on any atom is 0.238 e. The van der Waals surface area contributed by atoms with Gasteiger partial charge in [0.1, 0.15) is 23.2 Å². The number of nitrogens with zero attached hydrogens (tertiary/aromatic N) is 4. The number of methoxy groups -OCH3 is 1. The average Bonchev–Trinajstić information content (AvgIpc) is 3.56. The lowest BCUT2D eigenvalue weighted by Gasteiger charge is -2.30. The van der Waals surface area contributed by atoms with Crippen LogP contribution in [0, 0.1) is 26.7 Å². The van der Waals surface area contributed by atoms with E-state index < -0.39 is 0 Å². The largest absolute Gasteiger partial charge is 0.496 e. The van der Waals surface area contributed by atoms with Crippen molar-refractivity contribution in [3.05, 3.63) is 76.6 Å². The SMILES string of the molecule is COC1=C(c2c(C)noc2C)C(C)C2Nc3nc(C)nc(-c4ccc(NC(=O)CN5CCCCC5)c5ccccc45)c3C2=C1. The molecular weight excluding hydrogens is 552 g/mol. The van der Waals surface area contributed by atoms with Gasteiger partial charge in [0.25, 0.3) is 0 Å². The molecule has 1 aliphatic carbocycles. The molecule has 2 unspecified atom stereocenters. The normalized spacial score (nSPS) is 19.8. The number of rotatable bonds is 6. The molecule has 3 aliphatic rings. The molecule has 2 aromatic heterocycles. The summed E-state index contributed by atoms with van der Waals surface area (Å²) in [5.74, 6) is 3.14. The molecule has 4 heterocycles. The molecule has 2 N–H and O–H groups in total. The number of allylic oxidation sites excluding steroid dienone is 1. The summed E-state index contributed by atoms with van der Waals surface area (Å²) in [7, 11) is 1.71. The van der Waals surface area contributed by atoms with Crippen molar-refractivity contribution in [3.8, 4) is 11.3 Å². The lowest BCUT2D eigenvalue weighted by molar-refractivity contribution is -0.117. The summed E-state index contributed by atoms with van der Waals surface area (Å²) in [5.41, 5.74) is 7.64. The van der Waals surface area contributed by atoms with Gasteiger partial charge < -0.3 is 19.9 Å². The number of fused-ring (bicyclic) bond motifs is 4. The first kappa shape index (κ1) is 28.3. The number of carbonyl (C=O) groups excluding carboxylic acids is 1. The molecular formula is C35H38N6O3. The zero-order valence-electron chi connectivity index (χ0n) is 26.0. The highest BCUT2D eigenvalue weighted by atomic mass is 16.5. The summed E-state index contributed by atoms with van der Waals surface area (Å²) >= 11 is 0. The van der Waals surface area contributed by atoms with Gasteiger partial charge in [-0.3, -0.25) is 9.69 Å². The van der Waals surface area contributed by atoms with Crippen molar-refractivity contribution in [3.63, 3.8) is 0 Å². The summed E-state index contributed by atoms with van der Waals surface area (Å²) in [6.45, 7) is 10.4. The number of ether oxygens (including phenoxy) is 1. The molecule has 1 saturated heterocycles. The lowest BCUT2D eigenvalue weighted by Crippen LogP contribution is -2.36. The molecule has 4 aromatic rings. The molecule has 2 aromatic carbocycles. The molecule has 0 saturated carbocycles. The molecule has 7 rings (SSSR count). The predicted molar refractivity (Wildman–Crippen MR) is 173 cm³/mol. The van der Waals surface area contributed by atoms with Crippen LogP contribution in [0.2, 0.25) is 0 Å². The topological polar surface area (TPSA) is 105 Å². The van der Waals surface area contributed by atoms with E-state index in [1.165, 1.54) is 6.42 Å². The van der Waals surface area contributed by atoms with Gasteiger partial charge in [0, 0.05) is 39.3 Å². The Balaban J connectivity index is 1.32. The molecule has 2 atom stereocenters. The second-order valence-corrected chi connectivity index (χ2v) is 12.1. The first-order valence-electron chi connectivity index (χ1n) is 15.5. The van der Waals surface area contributed by atoms with Crippen LogP contribution < -0.4 is 10.6 Å². The van der Waals surface area contributed by atoms with Crippen molar-refractivity contribution in [2.75, 3.05) is 37.4 Å². The molecule has 0 bridgehead atoms. The Morgan fingerprint density at radius 3 is 2.55 bits per heavy atom. The van der Waals surface area contributed by atoms with E-state index in [0.717, 1.165) is 99.0 Å². The molecule has 1 amide bonds. The number of amides is 1. The van der Waals surface area contributed by atoms with Gasteiger partial charge in [0.15, 0.2) is 0 Å². The second kappa shape index (κ2) is 11.2. The zero-order chi connectivity index (χ0) is 30.5. The van der Waals surface area contributed by atoms with Gasteiger partial charge in [-0.1, -0.05) is 48.8 Å². The first-order chi connectivity index (χ1) is 21.3. The quantitative estimate of drug-likeness (QED) is 0.262. The van der Waals surface area contributed by atoms with Crippen LogP contribution in [0.1, 0.15) is 54.6 Å². The third-order valence-electron chi connectivity index (χ3n) is 9.24. The number of likely N-dealkylation sites (tertiary alicyclic amines) is 1. The van der Waals surface area contributed by atoms with Crippen LogP contribution in [0.15, 0.2) is 52.8 Å². The van der Waals surface area contributed by atoms with Crippen molar-refractivity contribution in [1.82, 2.24) is 20.0 Å². The maximum atomic E-state index is 13.1. The summed E-state index contributed by atoms with van der Waals surface area (Å²) in [6.07, 6.45) is 5.67. The van der Waals surface area contributed by atoms with E-state index in [2.05, 4.69) is 51.9 Å². The smallest absolute Gasteiger partial charge is 0.238 e. The van der Waals surface area contributed by atoms with Crippen LogP contribution in [0.3, 0.4) is 0 Å². The average molecular weight is 591 g/mol. The van der Waals surface area contributed by atoms with Gasteiger partial charge in [-0.2, -0.15) is 0 Å². The fourth-order valence-corrected chi connectivity index (χ4v) is 7.20. The van der Waals surface area contributed by atoms with Gasteiger partial charge in [-0.05, 0) is 69.8 Å². The Bertz CT molecular complexity index is 1830.